The van der Waals surface area contributed by atoms with Crippen molar-refractivity contribution in [2.75, 3.05) is 19.7 Å². The number of amides is 4. The number of hydrogen-bond donors (Lipinski definition) is 3. The quantitative estimate of drug-likeness (QED) is 0.485. The van der Waals surface area contributed by atoms with E-state index in [4.69, 9.17) is 0 Å². The second-order valence-corrected chi connectivity index (χ2v) is 8.53. The summed E-state index contributed by atoms with van der Waals surface area (Å²) in [5.41, 5.74) is 1.80. The smallest absolute Gasteiger partial charge is 0.322 e. The van der Waals surface area contributed by atoms with Gasteiger partial charge in [-0.1, -0.05) is 42.2 Å². The standard InChI is InChI=1S/C26H27N3O4/c30-17-14-26(24(32)27-25(33)28-26)18-23(31)29-15-12-22(13-16-29)21-10-8-20(9-11-21)7-6-19-4-2-1-3-5-19/h1-5,8-11,22,30H,12-18H2,(H2,27,28,32,33). The van der Waals surface area contributed by atoms with E-state index in [-0.39, 0.29) is 25.4 Å². The lowest BCUT2D eigenvalue weighted by atomic mass is 9.87. The summed E-state index contributed by atoms with van der Waals surface area (Å²) in [4.78, 5) is 38.4. The van der Waals surface area contributed by atoms with E-state index in [0.29, 0.717) is 19.0 Å². The van der Waals surface area contributed by atoms with Crippen LogP contribution in [0.15, 0.2) is 54.6 Å². The van der Waals surface area contributed by atoms with Crippen LogP contribution in [0.25, 0.3) is 0 Å². The highest BCUT2D eigenvalue weighted by Crippen LogP contribution is 2.29. The molecule has 2 aliphatic rings. The Morgan fingerprint density at radius 2 is 1.64 bits per heavy atom. The molecule has 4 rings (SSSR count). The number of imide groups is 1. The van der Waals surface area contributed by atoms with E-state index >= 15 is 0 Å². The van der Waals surface area contributed by atoms with Gasteiger partial charge in [0.1, 0.15) is 5.54 Å². The van der Waals surface area contributed by atoms with Crippen LogP contribution in [0.1, 0.15) is 48.3 Å². The molecule has 2 saturated heterocycles. The number of urea groups is 1. The van der Waals surface area contributed by atoms with Crippen LogP contribution in [0.3, 0.4) is 0 Å². The van der Waals surface area contributed by atoms with Gasteiger partial charge in [0.15, 0.2) is 0 Å². The van der Waals surface area contributed by atoms with Crippen LogP contribution in [-0.2, 0) is 9.59 Å². The summed E-state index contributed by atoms with van der Waals surface area (Å²) in [6, 6.07) is 17.5. The Morgan fingerprint density at radius 1 is 1.00 bits per heavy atom. The summed E-state index contributed by atoms with van der Waals surface area (Å²) in [5.74, 6) is 5.95. The van der Waals surface area contributed by atoms with Crippen LogP contribution >= 0.6 is 0 Å². The van der Waals surface area contributed by atoms with Gasteiger partial charge in [-0.3, -0.25) is 14.9 Å². The lowest BCUT2D eigenvalue weighted by molar-refractivity contribution is -0.137. The Labute approximate surface area is 193 Å². The van der Waals surface area contributed by atoms with Crippen LogP contribution in [0.4, 0.5) is 4.79 Å². The van der Waals surface area contributed by atoms with Gasteiger partial charge in [0, 0.05) is 37.2 Å². The van der Waals surface area contributed by atoms with Crippen LogP contribution in [0, 0.1) is 11.8 Å². The van der Waals surface area contributed by atoms with Crippen molar-refractivity contribution in [2.24, 2.45) is 0 Å². The fourth-order valence-electron chi connectivity index (χ4n) is 4.44. The molecule has 2 aromatic carbocycles. The van der Waals surface area contributed by atoms with Crippen LogP contribution in [0.2, 0.25) is 0 Å². The molecule has 0 aromatic heterocycles. The van der Waals surface area contributed by atoms with E-state index in [9.17, 15) is 19.5 Å². The molecule has 1 unspecified atom stereocenters. The Morgan fingerprint density at radius 3 is 2.21 bits per heavy atom. The Balaban J connectivity index is 1.33. The Hall–Kier alpha value is -3.63. The molecule has 33 heavy (non-hydrogen) atoms. The molecule has 7 heteroatoms. The minimum absolute atomic E-state index is 0.00624. The maximum absolute atomic E-state index is 12.9. The highest BCUT2D eigenvalue weighted by atomic mass is 16.3. The fourth-order valence-corrected chi connectivity index (χ4v) is 4.44. The molecule has 2 aliphatic heterocycles. The maximum atomic E-state index is 12.9. The molecule has 0 radical (unpaired) electrons. The van der Waals surface area contributed by atoms with Crippen LogP contribution < -0.4 is 10.6 Å². The normalized spacial score (nSPS) is 20.6. The summed E-state index contributed by atoms with van der Waals surface area (Å²) < 4.78 is 0. The lowest BCUT2D eigenvalue weighted by Gasteiger charge is -2.34. The van der Waals surface area contributed by atoms with Gasteiger partial charge in [0.2, 0.25) is 5.91 Å². The molecular formula is C26H27N3O4. The van der Waals surface area contributed by atoms with Gasteiger partial charge in [-0.15, -0.1) is 0 Å². The fraction of sp³-hybridized carbons (Fsp3) is 0.346. The topological polar surface area (TPSA) is 98.7 Å². The van der Waals surface area contributed by atoms with Gasteiger partial charge in [-0.05, 0) is 48.6 Å². The molecule has 3 N–H and O–H groups in total. The van der Waals surface area contributed by atoms with Crippen LogP contribution in [0.5, 0.6) is 0 Å². The number of carbonyl (C=O) groups excluding carboxylic acids is 3. The van der Waals surface area contributed by atoms with Crippen molar-refractivity contribution in [2.45, 2.75) is 37.1 Å². The summed E-state index contributed by atoms with van der Waals surface area (Å²) in [6.45, 7) is 0.877. The van der Waals surface area contributed by atoms with E-state index in [1.54, 1.807) is 4.90 Å². The minimum atomic E-state index is -1.36. The molecule has 2 fully saturated rings. The average Bonchev–Trinajstić information content (AvgIpc) is 3.11. The first-order chi connectivity index (χ1) is 16.0. The first-order valence-electron chi connectivity index (χ1n) is 11.2. The Bertz CT molecular complexity index is 1080. The maximum Gasteiger partial charge on any atom is 0.322 e. The van der Waals surface area contributed by atoms with Crippen molar-refractivity contribution in [3.05, 3.63) is 71.3 Å². The number of piperidine rings is 1. The minimum Gasteiger partial charge on any atom is -0.396 e. The van der Waals surface area contributed by atoms with Gasteiger partial charge in [0.25, 0.3) is 5.91 Å². The monoisotopic (exact) mass is 445 g/mol. The highest BCUT2D eigenvalue weighted by Gasteiger charge is 2.48. The second-order valence-electron chi connectivity index (χ2n) is 8.53. The zero-order chi connectivity index (χ0) is 23.3. The molecule has 0 aliphatic carbocycles. The number of carbonyl (C=O) groups is 3. The van der Waals surface area contributed by atoms with E-state index in [1.807, 2.05) is 42.5 Å². The van der Waals surface area contributed by atoms with Crippen molar-refractivity contribution in [1.82, 2.24) is 15.5 Å². The van der Waals surface area contributed by atoms with Crippen LogP contribution in [-0.4, -0.2) is 53.1 Å². The van der Waals surface area contributed by atoms with Gasteiger partial charge >= 0.3 is 6.03 Å². The third-order valence-corrected chi connectivity index (χ3v) is 6.36. The predicted molar refractivity (Wildman–Crippen MR) is 123 cm³/mol. The molecule has 2 aromatic rings. The summed E-state index contributed by atoms with van der Waals surface area (Å²) in [6.07, 6.45) is 1.51. The van der Waals surface area contributed by atoms with E-state index < -0.39 is 17.5 Å². The number of aliphatic hydroxyl groups is 1. The van der Waals surface area contributed by atoms with Crippen molar-refractivity contribution in [3.8, 4) is 11.8 Å². The molecule has 0 bridgehead atoms. The summed E-state index contributed by atoms with van der Waals surface area (Å²) in [5, 5.41) is 14.0. The lowest BCUT2D eigenvalue weighted by Crippen LogP contribution is -2.52. The number of benzene rings is 2. The Kier molecular flexibility index (Phi) is 6.76. The molecule has 4 amide bonds. The third kappa shape index (κ3) is 5.24. The molecule has 170 valence electrons. The largest absolute Gasteiger partial charge is 0.396 e. The SMILES string of the molecule is O=C1NC(=O)C(CCO)(CC(=O)N2CCC(c3ccc(C#Cc4ccccc4)cc3)CC2)N1. The first kappa shape index (κ1) is 22.6. The molecular weight excluding hydrogens is 418 g/mol. The van der Waals surface area contributed by atoms with E-state index in [0.717, 1.165) is 24.0 Å². The number of aliphatic hydroxyl groups excluding tert-OH is 1. The first-order valence-corrected chi connectivity index (χ1v) is 11.2. The van der Waals surface area contributed by atoms with Crippen molar-refractivity contribution >= 4 is 17.8 Å². The van der Waals surface area contributed by atoms with E-state index in [2.05, 4.69) is 34.6 Å². The average molecular weight is 446 g/mol. The molecule has 2 heterocycles. The second kappa shape index (κ2) is 9.88. The van der Waals surface area contributed by atoms with E-state index in [1.165, 1.54) is 5.56 Å². The molecule has 0 saturated carbocycles. The number of rotatable bonds is 5. The van der Waals surface area contributed by atoms with Crippen molar-refractivity contribution in [1.29, 1.82) is 0 Å². The number of nitrogens with one attached hydrogen (secondary N) is 2. The zero-order valence-corrected chi connectivity index (χ0v) is 18.3. The predicted octanol–water partition coefficient (Wildman–Crippen LogP) is 2.14. The third-order valence-electron chi connectivity index (χ3n) is 6.36. The van der Waals surface area contributed by atoms with Gasteiger partial charge < -0.3 is 15.3 Å². The van der Waals surface area contributed by atoms with Gasteiger partial charge in [-0.2, -0.15) is 0 Å². The zero-order valence-electron chi connectivity index (χ0n) is 18.3. The summed E-state index contributed by atoms with van der Waals surface area (Å²) >= 11 is 0. The number of nitrogens with zero attached hydrogens (tertiary/aromatic N) is 1. The molecule has 1 atom stereocenters. The molecule has 7 nitrogen and oxygen atoms in total. The van der Waals surface area contributed by atoms with Gasteiger partial charge in [-0.25, -0.2) is 4.79 Å². The van der Waals surface area contributed by atoms with Gasteiger partial charge in [0.05, 0.1) is 6.42 Å². The van der Waals surface area contributed by atoms with Crippen molar-refractivity contribution < 1.29 is 19.5 Å². The van der Waals surface area contributed by atoms with Crippen molar-refractivity contribution in [3.63, 3.8) is 0 Å². The number of hydrogen-bond acceptors (Lipinski definition) is 4. The number of likely N-dealkylation sites (tertiary alicyclic amines) is 1. The summed E-state index contributed by atoms with van der Waals surface area (Å²) in [7, 11) is 0. The molecule has 0 spiro atoms. The highest BCUT2D eigenvalue weighted by molar-refractivity contribution is 6.08.